The first-order valence-corrected chi connectivity index (χ1v) is 10.4. The molecule has 0 saturated carbocycles. The zero-order chi connectivity index (χ0) is 19.6. The van der Waals surface area contributed by atoms with Crippen molar-refractivity contribution in [1.82, 2.24) is 10.2 Å². The highest BCUT2D eigenvalue weighted by molar-refractivity contribution is 5.95. The van der Waals surface area contributed by atoms with Crippen molar-refractivity contribution in [2.24, 2.45) is 0 Å². The van der Waals surface area contributed by atoms with Gasteiger partial charge in [0.15, 0.2) is 11.5 Å². The lowest BCUT2D eigenvalue weighted by molar-refractivity contribution is 0.0900. The molecule has 1 N–H and O–H groups in total. The number of unbranched alkanes of at least 4 members (excludes halogenated alkanes) is 3. The largest absolute Gasteiger partial charge is 0.493 e. The van der Waals surface area contributed by atoms with Gasteiger partial charge in [-0.2, -0.15) is 0 Å². The van der Waals surface area contributed by atoms with Crippen LogP contribution < -0.4 is 14.8 Å². The Hall–Kier alpha value is -1.75. The fourth-order valence-electron chi connectivity index (χ4n) is 3.47. The second kappa shape index (κ2) is 11.2. The lowest BCUT2D eigenvalue weighted by atomic mass is 10.0. The molecule has 2 rings (SSSR count). The summed E-state index contributed by atoms with van der Waals surface area (Å²) >= 11 is 0. The van der Waals surface area contributed by atoms with Crippen LogP contribution in [-0.4, -0.2) is 49.7 Å². The molecule has 1 fully saturated rings. The fourth-order valence-corrected chi connectivity index (χ4v) is 3.47. The summed E-state index contributed by atoms with van der Waals surface area (Å²) in [4.78, 5) is 15.1. The molecule has 27 heavy (non-hydrogen) atoms. The van der Waals surface area contributed by atoms with Crippen LogP contribution in [-0.2, 0) is 0 Å². The Balaban J connectivity index is 1.87. The van der Waals surface area contributed by atoms with Crippen molar-refractivity contribution >= 4 is 5.91 Å². The number of hydrogen-bond acceptors (Lipinski definition) is 4. The van der Waals surface area contributed by atoms with Crippen LogP contribution in [0.1, 0.15) is 69.7 Å². The first-order valence-electron chi connectivity index (χ1n) is 10.4. The Labute approximate surface area is 164 Å². The molecule has 0 atom stereocenters. The number of ether oxygens (including phenoxy) is 2. The van der Waals surface area contributed by atoms with Gasteiger partial charge in [-0.1, -0.05) is 26.2 Å². The van der Waals surface area contributed by atoms with Crippen LogP contribution >= 0.6 is 0 Å². The van der Waals surface area contributed by atoms with Crippen LogP contribution in [0.4, 0.5) is 0 Å². The van der Waals surface area contributed by atoms with Gasteiger partial charge in [-0.25, -0.2) is 0 Å². The van der Waals surface area contributed by atoms with E-state index in [4.69, 9.17) is 9.47 Å². The molecule has 0 aromatic heterocycles. The first kappa shape index (κ1) is 21.5. The van der Waals surface area contributed by atoms with Gasteiger partial charge in [0.2, 0.25) is 0 Å². The maximum absolute atomic E-state index is 12.6. The number of methoxy groups -OCH3 is 1. The summed E-state index contributed by atoms with van der Waals surface area (Å²) in [6, 6.07) is 6.26. The highest BCUT2D eigenvalue weighted by Gasteiger charge is 2.22. The lowest BCUT2D eigenvalue weighted by Crippen LogP contribution is -2.46. The minimum Gasteiger partial charge on any atom is -0.493 e. The highest BCUT2D eigenvalue weighted by Crippen LogP contribution is 2.28. The number of amides is 1. The molecule has 5 heteroatoms. The predicted octanol–water partition coefficient (Wildman–Crippen LogP) is 4.26. The average Bonchev–Trinajstić information content (AvgIpc) is 2.68. The van der Waals surface area contributed by atoms with E-state index in [9.17, 15) is 4.79 Å². The van der Waals surface area contributed by atoms with E-state index < -0.39 is 0 Å². The van der Waals surface area contributed by atoms with Crippen molar-refractivity contribution in [3.05, 3.63) is 23.8 Å². The summed E-state index contributed by atoms with van der Waals surface area (Å²) in [5.74, 6) is 1.29. The average molecular weight is 377 g/mol. The second-order valence-corrected chi connectivity index (χ2v) is 7.65. The van der Waals surface area contributed by atoms with E-state index in [-0.39, 0.29) is 11.9 Å². The van der Waals surface area contributed by atoms with Gasteiger partial charge in [0.05, 0.1) is 13.7 Å². The SMILES string of the molecule is CCCCCCOc1ccc(C(=O)NC2CCN(C(C)C)CC2)cc1OC. The van der Waals surface area contributed by atoms with E-state index in [2.05, 4.69) is 31.0 Å². The van der Waals surface area contributed by atoms with Gasteiger partial charge in [0.1, 0.15) is 0 Å². The van der Waals surface area contributed by atoms with Gasteiger partial charge in [-0.05, 0) is 51.3 Å². The summed E-state index contributed by atoms with van der Waals surface area (Å²) in [5, 5.41) is 3.17. The van der Waals surface area contributed by atoms with E-state index in [1.54, 1.807) is 13.2 Å². The molecule has 1 aliphatic rings. The van der Waals surface area contributed by atoms with Crippen molar-refractivity contribution in [2.45, 2.75) is 71.4 Å². The Morgan fingerprint density at radius 2 is 1.93 bits per heavy atom. The predicted molar refractivity (Wildman–Crippen MR) is 110 cm³/mol. The Bertz CT molecular complexity index is 581. The smallest absolute Gasteiger partial charge is 0.251 e. The van der Waals surface area contributed by atoms with Crippen LogP contribution in [0.15, 0.2) is 18.2 Å². The van der Waals surface area contributed by atoms with E-state index in [1.165, 1.54) is 19.3 Å². The Kier molecular flexibility index (Phi) is 8.92. The molecule has 0 unspecified atom stereocenters. The Morgan fingerprint density at radius 1 is 1.19 bits per heavy atom. The summed E-state index contributed by atoms with van der Waals surface area (Å²) in [5.41, 5.74) is 0.622. The molecule has 1 aromatic rings. The summed E-state index contributed by atoms with van der Waals surface area (Å²) in [6.07, 6.45) is 6.66. The summed E-state index contributed by atoms with van der Waals surface area (Å²) in [6.45, 7) is 9.39. The molecule has 1 aliphatic heterocycles. The third-order valence-corrected chi connectivity index (χ3v) is 5.28. The number of nitrogens with one attached hydrogen (secondary N) is 1. The van der Waals surface area contributed by atoms with Gasteiger partial charge >= 0.3 is 0 Å². The van der Waals surface area contributed by atoms with E-state index in [1.807, 2.05) is 12.1 Å². The summed E-state index contributed by atoms with van der Waals surface area (Å²) < 4.78 is 11.3. The molecule has 0 bridgehead atoms. The van der Waals surface area contributed by atoms with E-state index in [0.717, 1.165) is 32.4 Å². The van der Waals surface area contributed by atoms with Gasteiger partial charge in [0, 0.05) is 30.7 Å². The van der Waals surface area contributed by atoms with Crippen molar-refractivity contribution in [1.29, 1.82) is 0 Å². The van der Waals surface area contributed by atoms with Crippen molar-refractivity contribution < 1.29 is 14.3 Å². The molecule has 1 saturated heterocycles. The van der Waals surface area contributed by atoms with Crippen molar-refractivity contribution in [2.75, 3.05) is 26.8 Å². The zero-order valence-corrected chi connectivity index (χ0v) is 17.4. The van der Waals surface area contributed by atoms with Crippen molar-refractivity contribution in [3.8, 4) is 11.5 Å². The fraction of sp³-hybridized carbons (Fsp3) is 0.682. The number of piperidine rings is 1. The molecule has 0 radical (unpaired) electrons. The lowest BCUT2D eigenvalue weighted by Gasteiger charge is -2.34. The van der Waals surface area contributed by atoms with Gasteiger partial charge in [-0.15, -0.1) is 0 Å². The Morgan fingerprint density at radius 3 is 2.56 bits per heavy atom. The monoisotopic (exact) mass is 376 g/mol. The van der Waals surface area contributed by atoms with Gasteiger partial charge in [-0.3, -0.25) is 4.79 Å². The maximum atomic E-state index is 12.6. The van der Waals surface area contributed by atoms with Crippen LogP contribution in [0.5, 0.6) is 11.5 Å². The number of hydrogen-bond donors (Lipinski definition) is 1. The molecule has 1 amide bonds. The summed E-state index contributed by atoms with van der Waals surface area (Å²) in [7, 11) is 1.61. The standard InChI is InChI=1S/C22H36N2O3/c1-5-6-7-8-15-27-20-10-9-18(16-21(20)26-4)22(25)23-19-11-13-24(14-12-19)17(2)3/h9-10,16-17,19H,5-8,11-15H2,1-4H3,(H,23,25). The van der Waals surface area contributed by atoms with E-state index in [0.29, 0.717) is 29.7 Å². The topological polar surface area (TPSA) is 50.8 Å². The van der Waals surface area contributed by atoms with Gasteiger partial charge < -0.3 is 19.7 Å². The number of benzene rings is 1. The molecule has 5 nitrogen and oxygen atoms in total. The van der Waals surface area contributed by atoms with Crippen LogP contribution in [0.3, 0.4) is 0 Å². The van der Waals surface area contributed by atoms with Crippen LogP contribution in [0.25, 0.3) is 0 Å². The third-order valence-electron chi connectivity index (χ3n) is 5.28. The second-order valence-electron chi connectivity index (χ2n) is 7.65. The number of carbonyl (C=O) groups is 1. The zero-order valence-electron chi connectivity index (χ0n) is 17.4. The number of likely N-dealkylation sites (tertiary alicyclic amines) is 1. The van der Waals surface area contributed by atoms with Crippen LogP contribution in [0, 0.1) is 0 Å². The highest BCUT2D eigenvalue weighted by atomic mass is 16.5. The van der Waals surface area contributed by atoms with E-state index >= 15 is 0 Å². The minimum absolute atomic E-state index is 0.0363. The molecular formula is C22H36N2O3. The number of carbonyl (C=O) groups excluding carboxylic acids is 1. The quantitative estimate of drug-likeness (QED) is 0.620. The molecule has 1 aromatic carbocycles. The van der Waals surface area contributed by atoms with Gasteiger partial charge in [0.25, 0.3) is 5.91 Å². The molecule has 152 valence electrons. The normalized spacial score (nSPS) is 15.7. The third kappa shape index (κ3) is 6.73. The molecule has 0 spiro atoms. The number of rotatable bonds is 10. The molecular weight excluding hydrogens is 340 g/mol. The van der Waals surface area contributed by atoms with Crippen LogP contribution in [0.2, 0.25) is 0 Å². The molecule has 0 aliphatic carbocycles. The minimum atomic E-state index is -0.0363. The maximum Gasteiger partial charge on any atom is 0.251 e. The first-order chi connectivity index (χ1) is 13.0. The van der Waals surface area contributed by atoms with Crippen molar-refractivity contribution in [3.63, 3.8) is 0 Å². The number of nitrogens with zero attached hydrogens (tertiary/aromatic N) is 1. The molecule has 1 heterocycles.